The summed E-state index contributed by atoms with van der Waals surface area (Å²) in [5.41, 5.74) is 1.50. The van der Waals surface area contributed by atoms with Crippen LogP contribution in [0.1, 0.15) is 12.0 Å². The molecule has 0 aliphatic carbocycles. The summed E-state index contributed by atoms with van der Waals surface area (Å²) < 4.78 is 26.8. The summed E-state index contributed by atoms with van der Waals surface area (Å²) >= 11 is 3.30. The first kappa shape index (κ1) is 19.8. The number of nitrogens with one attached hydrogen (secondary N) is 3. The Morgan fingerprint density at radius 3 is 2.74 bits per heavy atom. The van der Waals surface area contributed by atoms with E-state index in [0.29, 0.717) is 5.69 Å². The van der Waals surface area contributed by atoms with Crippen molar-refractivity contribution in [3.8, 4) is 0 Å². The fourth-order valence-electron chi connectivity index (χ4n) is 2.11. The SMILES string of the molecule is Cc1ccc(Br)cc1NC(=O)CNC(=O)C1CC(F)(F)CN1.Cl. The van der Waals surface area contributed by atoms with Gasteiger partial charge in [0.1, 0.15) is 0 Å². The number of benzene rings is 1. The maximum atomic E-state index is 13.0. The largest absolute Gasteiger partial charge is 0.346 e. The predicted molar refractivity (Wildman–Crippen MR) is 89.1 cm³/mol. The summed E-state index contributed by atoms with van der Waals surface area (Å²) in [6.07, 6.45) is -0.550. The maximum absolute atomic E-state index is 13.0. The summed E-state index contributed by atoms with van der Waals surface area (Å²) in [4.78, 5) is 23.5. The van der Waals surface area contributed by atoms with Crippen LogP contribution in [0.2, 0.25) is 0 Å². The maximum Gasteiger partial charge on any atom is 0.262 e. The average molecular weight is 413 g/mol. The minimum absolute atomic E-state index is 0. The molecule has 1 aromatic rings. The summed E-state index contributed by atoms with van der Waals surface area (Å²) in [6.45, 7) is 1.05. The van der Waals surface area contributed by atoms with Crippen LogP contribution in [0.5, 0.6) is 0 Å². The van der Waals surface area contributed by atoms with Gasteiger partial charge in [0, 0.05) is 16.6 Å². The molecule has 0 saturated carbocycles. The lowest BCUT2D eigenvalue weighted by Crippen LogP contribution is -2.43. The van der Waals surface area contributed by atoms with E-state index >= 15 is 0 Å². The molecule has 128 valence electrons. The van der Waals surface area contributed by atoms with E-state index in [1.54, 1.807) is 6.07 Å². The van der Waals surface area contributed by atoms with E-state index in [-0.39, 0.29) is 19.0 Å². The second kappa shape index (κ2) is 8.03. The molecule has 2 rings (SSSR count). The number of alkyl halides is 2. The van der Waals surface area contributed by atoms with Gasteiger partial charge in [0.15, 0.2) is 0 Å². The van der Waals surface area contributed by atoms with E-state index in [4.69, 9.17) is 0 Å². The van der Waals surface area contributed by atoms with Crippen LogP contribution in [-0.4, -0.2) is 36.9 Å². The molecule has 1 heterocycles. The van der Waals surface area contributed by atoms with Gasteiger partial charge < -0.3 is 10.6 Å². The minimum atomic E-state index is -2.88. The van der Waals surface area contributed by atoms with Crippen LogP contribution in [0.3, 0.4) is 0 Å². The number of carbonyl (C=O) groups is 2. The zero-order chi connectivity index (χ0) is 16.3. The van der Waals surface area contributed by atoms with E-state index in [0.717, 1.165) is 10.0 Å². The van der Waals surface area contributed by atoms with E-state index in [1.807, 2.05) is 19.1 Å². The molecule has 1 saturated heterocycles. The summed E-state index contributed by atoms with van der Waals surface area (Å²) in [7, 11) is 0. The highest BCUT2D eigenvalue weighted by Crippen LogP contribution is 2.25. The highest BCUT2D eigenvalue weighted by Gasteiger charge is 2.42. The summed E-state index contributed by atoms with van der Waals surface area (Å²) in [6, 6.07) is 4.46. The van der Waals surface area contributed by atoms with Crippen LogP contribution in [0.4, 0.5) is 14.5 Å². The van der Waals surface area contributed by atoms with Crippen LogP contribution in [0.15, 0.2) is 22.7 Å². The van der Waals surface area contributed by atoms with Crippen molar-refractivity contribution in [3.05, 3.63) is 28.2 Å². The van der Waals surface area contributed by atoms with Gasteiger partial charge in [-0.1, -0.05) is 22.0 Å². The van der Waals surface area contributed by atoms with Crippen molar-refractivity contribution in [2.75, 3.05) is 18.4 Å². The van der Waals surface area contributed by atoms with Crippen molar-refractivity contribution in [2.45, 2.75) is 25.3 Å². The quantitative estimate of drug-likeness (QED) is 0.710. The van der Waals surface area contributed by atoms with Crippen LogP contribution >= 0.6 is 28.3 Å². The standard InChI is InChI=1S/C14H16BrF2N3O2.ClH/c1-8-2-3-9(15)4-10(8)20-12(21)6-18-13(22)11-5-14(16,17)7-19-11;/h2-4,11,19H,5-7H2,1H3,(H,18,22)(H,20,21);1H. The van der Waals surface area contributed by atoms with Crippen LogP contribution < -0.4 is 16.0 Å². The predicted octanol–water partition coefficient (Wildman–Crippen LogP) is 2.23. The van der Waals surface area contributed by atoms with Gasteiger partial charge in [0.25, 0.3) is 5.92 Å². The van der Waals surface area contributed by atoms with Crippen LogP contribution in [-0.2, 0) is 9.59 Å². The van der Waals surface area contributed by atoms with Crippen molar-refractivity contribution >= 4 is 45.8 Å². The molecular weight excluding hydrogens is 396 g/mol. The van der Waals surface area contributed by atoms with Gasteiger partial charge in [-0.15, -0.1) is 12.4 Å². The molecule has 1 aromatic carbocycles. The molecule has 2 amide bonds. The van der Waals surface area contributed by atoms with Gasteiger partial charge in [-0.2, -0.15) is 0 Å². The third-order valence-electron chi connectivity index (χ3n) is 3.32. The Balaban J connectivity index is 0.00000264. The van der Waals surface area contributed by atoms with Crippen molar-refractivity contribution in [2.24, 2.45) is 0 Å². The second-order valence-electron chi connectivity index (χ2n) is 5.22. The summed E-state index contributed by atoms with van der Waals surface area (Å²) in [5.74, 6) is -3.89. The second-order valence-corrected chi connectivity index (χ2v) is 6.13. The van der Waals surface area contributed by atoms with Gasteiger partial charge >= 0.3 is 0 Å². The molecule has 1 unspecified atom stereocenters. The van der Waals surface area contributed by atoms with Gasteiger partial charge in [-0.25, -0.2) is 8.78 Å². The van der Waals surface area contributed by atoms with Crippen LogP contribution in [0.25, 0.3) is 0 Å². The van der Waals surface area contributed by atoms with E-state index in [2.05, 4.69) is 31.9 Å². The number of aryl methyl sites for hydroxylation is 1. The highest BCUT2D eigenvalue weighted by atomic mass is 79.9. The number of hydrogen-bond donors (Lipinski definition) is 3. The number of carbonyl (C=O) groups excluding carboxylic acids is 2. The first-order valence-electron chi connectivity index (χ1n) is 6.72. The molecule has 1 aliphatic heterocycles. The zero-order valence-corrected chi connectivity index (χ0v) is 14.7. The zero-order valence-electron chi connectivity index (χ0n) is 12.3. The molecule has 23 heavy (non-hydrogen) atoms. The smallest absolute Gasteiger partial charge is 0.262 e. The number of rotatable bonds is 4. The lowest BCUT2D eigenvalue weighted by atomic mass is 10.2. The Hall–Kier alpha value is -1.25. The fourth-order valence-corrected chi connectivity index (χ4v) is 2.48. The Morgan fingerprint density at radius 2 is 2.13 bits per heavy atom. The fraction of sp³-hybridized carbons (Fsp3) is 0.429. The van der Waals surface area contributed by atoms with Crippen molar-refractivity contribution in [3.63, 3.8) is 0 Å². The number of halogens is 4. The third kappa shape index (κ3) is 5.71. The van der Waals surface area contributed by atoms with Crippen LogP contribution in [0, 0.1) is 6.92 Å². The Bertz CT molecular complexity index is 601. The number of amides is 2. The van der Waals surface area contributed by atoms with E-state index in [1.165, 1.54) is 0 Å². The summed E-state index contributed by atoms with van der Waals surface area (Å²) in [5, 5.41) is 7.46. The first-order chi connectivity index (χ1) is 10.3. The molecular formula is C14H17BrClF2N3O2. The number of hydrogen-bond acceptors (Lipinski definition) is 3. The first-order valence-corrected chi connectivity index (χ1v) is 7.51. The van der Waals surface area contributed by atoms with Crippen molar-refractivity contribution < 1.29 is 18.4 Å². The number of anilines is 1. The highest BCUT2D eigenvalue weighted by molar-refractivity contribution is 9.10. The Labute approximate surface area is 147 Å². The molecule has 3 N–H and O–H groups in total. The van der Waals surface area contributed by atoms with Crippen molar-refractivity contribution in [1.29, 1.82) is 0 Å². The molecule has 1 aliphatic rings. The van der Waals surface area contributed by atoms with Gasteiger partial charge in [-0.3, -0.25) is 14.9 Å². The Morgan fingerprint density at radius 1 is 1.43 bits per heavy atom. The molecule has 9 heteroatoms. The molecule has 1 atom stereocenters. The van der Waals surface area contributed by atoms with Gasteiger partial charge in [0.2, 0.25) is 11.8 Å². The molecule has 0 spiro atoms. The minimum Gasteiger partial charge on any atom is -0.346 e. The molecule has 0 aromatic heterocycles. The normalized spacial score (nSPS) is 18.9. The van der Waals surface area contributed by atoms with Gasteiger partial charge in [0.05, 0.1) is 19.1 Å². The third-order valence-corrected chi connectivity index (χ3v) is 3.82. The average Bonchev–Trinajstić information content (AvgIpc) is 2.80. The Kier molecular flexibility index (Phi) is 6.91. The topological polar surface area (TPSA) is 70.2 Å². The molecule has 0 bridgehead atoms. The van der Waals surface area contributed by atoms with Gasteiger partial charge in [-0.05, 0) is 24.6 Å². The van der Waals surface area contributed by atoms with Crippen molar-refractivity contribution in [1.82, 2.24) is 10.6 Å². The lowest BCUT2D eigenvalue weighted by Gasteiger charge is -2.12. The molecule has 1 fully saturated rings. The van der Waals surface area contributed by atoms with E-state index < -0.39 is 36.7 Å². The molecule has 0 radical (unpaired) electrons. The van der Waals surface area contributed by atoms with E-state index in [9.17, 15) is 18.4 Å². The lowest BCUT2D eigenvalue weighted by molar-refractivity contribution is -0.125. The monoisotopic (exact) mass is 411 g/mol. The molecule has 5 nitrogen and oxygen atoms in total.